The van der Waals surface area contributed by atoms with E-state index >= 15 is 0 Å². The van der Waals surface area contributed by atoms with Gasteiger partial charge in [-0.15, -0.1) is 0 Å². The minimum absolute atomic E-state index is 0.948. The lowest BCUT2D eigenvalue weighted by Crippen LogP contribution is -2.19. The van der Waals surface area contributed by atoms with E-state index in [9.17, 15) is 0 Å². The Morgan fingerprint density at radius 3 is 2.52 bits per heavy atom. The van der Waals surface area contributed by atoms with Crippen LogP contribution in [-0.2, 0) is 0 Å². The highest BCUT2D eigenvalue weighted by Crippen LogP contribution is 2.22. The van der Waals surface area contributed by atoms with Crippen molar-refractivity contribution in [1.29, 1.82) is 0 Å². The summed E-state index contributed by atoms with van der Waals surface area (Å²) in [5, 5.41) is 0. The van der Waals surface area contributed by atoms with Gasteiger partial charge in [-0.05, 0) is 44.6 Å². The third-order valence-electron chi connectivity index (χ3n) is 4.05. The van der Waals surface area contributed by atoms with Crippen molar-refractivity contribution in [2.75, 3.05) is 20.1 Å². The molecular weight excluding hydrogens is 280 g/mol. The van der Waals surface area contributed by atoms with Crippen molar-refractivity contribution >= 4 is 5.57 Å². The highest BCUT2D eigenvalue weighted by Gasteiger charge is 2.06. The number of aryl methyl sites for hydroxylation is 1. The van der Waals surface area contributed by atoms with E-state index in [4.69, 9.17) is 0 Å². The molecule has 0 aliphatic heterocycles. The smallest absolute Gasteiger partial charge is 0.0705 e. The van der Waals surface area contributed by atoms with Crippen LogP contribution in [0.3, 0.4) is 0 Å². The van der Waals surface area contributed by atoms with E-state index < -0.39 is 0 Å². The Morgan fingerprint density at radius 1 is 1.09 bits per heavy atom. The topological polar surface area (TPSA) is 16.1 Å². The third-order valence-corrected chi connectivity index (χ3v) is 4.05. The van der Waals surface area contributed by atoms with E-state index in [1.54, 1.807) is 0 Å². The predicted octanol–water partition coefficient (Wildman–Crippen LogP) is 4.94. The molecule has 0 N–H and O–H groups in total. The molecular formula is C21H28N2. The number of pyridine rings is 1. The second-order valence-electron chi connectivity index (χ2n) is 6.17. The van der Waals surface area contributed by atoms with Crippen molar-refractivity contribution in [2.24, 2.45) is 0 Å². The number of hydrogen-bond acceptors (Lipinski definition) is 2. The Bertz CT molecular complexity index is 599. The van der Waals surface area contributed by atoms with E-state index in [1.165, 1.54) is 36.0 Å². The number of unbranched alkanes of at least 4 members (excludes halogenated alkanes) is 2. The second kappa shape index (κ2) is 9.26. The summed E-state index contributed by atoms with van der Waals surface area (Å²) in [5.41, 5.74) is 4.77. The molecule has 0 spiro atoms. The van der Waals surface area contributed by atoms with E-state index in [2.05, 4.69) is 73.3 Å². The molecule has 2 aromatic rings. The van der Waals surface area contributed by atoms with Crippen LogP contribution in [0.1, 0.15) is 43.0 Å². The summed E-state index contributed by atoms with van der Waals surface area (Å²) in [5.74, 6) is 0. The van der Waals surface area contributed by atoms with Crippen LogP contribution in [0.4, 0.5) is 0 Å². The zero-order valence-electron chi connectivity index (χ0n) is 14.6. The van der Waals surface area contributed by atoms with Crippen LogP contribution in [0.2, 0.25) is 0 Å². The minimum Gasteiger partial charge on any atom is -0.303 e. The first kappa shape index (κ1) is 17.4. The molecule has 1 aromatic heterocycles. The standard InChI is InChI=1S/C21H28N2/c1-4-5-8-16-23(3)17-14-20(21-9-6-7-15-22-21)19-12-10-18(2)11-13-19/h6-7,9-15H,4-5,8,16-17H2,1-3H3/b20-14+. The van der Waals surface area contributed by atoms with Gasteiger partial charge in [-0.3, -0.25) is 4.98 Å². The van der Waals surface area contributed by atoms with Gasteiger partial charge in [-0.1, -0.05) is 61.7 Å². The second-order valence-corrected chi connectivity index (χ2v) is 6.17. The molecule has 2 heteroatoms. The number of aromatic nitrogens is 1. The van der Waals surface area contributed by atoms with Crippen LogP contribution >= 0.6 is 0 Å². The maximum absolute atomic E-state index is 4.54. The molecule has 0 saturated heterocycles. The van der Waals surface area contributed by atoms with Crippen molar-refractivity contribution < 1.29 is 0 Å². The van der Waals surface area contributed by atoms with Gasteiger partial charge in [-0.2, -0.15) is 0 Å². The molecule has 1 heterocycles. The fourth-order valence-corrected chi connectivity index (χ4v) is 2.60. The molecule has 23 heavy (non-hydrogen) atoms. The number of likely N-dealkylation sites (N-methyl/N-ethyl adjacent to an activating group) is 1. The van der Waals surface area contributed by atoms with Crippen molar-refractivity contribution in [2.45, 2.75) is 33.1 Å². The van der Waals surface area contributed by atoms with E-state index in [-0.39, 0.29) is 0 Å². The van der Waals surface area contributed by atoms with Gasteiger partial charge in [0.25, 0.3) is 0 Å². The summed E-state index contributed by atoms with van der Waals surface area (Å²) in [4.78, 5) is 6.93. The van der Waals surface area contributed by atoms with Crippen LogP contribution < -0.4 is 0 Å². The number of rotatable bonds is 8. The molecule has 0 aliphatic rings. The van der Waals surface area contributed by atoms with Crippen molar-refractivity contribution in [3.05, 3.63) is 71.6 Å². The fourth-order valence-electron chi connectivity index (χ4n) is 2.60. The number of hydrogen-bond donors (Lipinski definition) is 0. The maximum Gasteiger partial charge on any atom is 0.0705 e. The van der Waals surface area contributed by atoms with Gasteiger partial charge in [0.05, 0.1) is 5.69 Å². The monoisotopic (exact) mass is 308 g/mol. The third kappa shape index (κ3) is 5.65. The molecule has 2 nitrogen and oxygen atoms in total. The van der Waals surface area contributed by atoms with Gasteiger partial charge in [0, 0.05) is 18.3 Å². The van der Waals surface area contributed by atoms with Crippen LogP contribution in [0, 0.1) is 6.92 Å². The van der Waals surface area contributed by atoms with Gasteiger partial charge in [0.2, 0.25) is 0 Å². The normalized spacial score (nSPS) is 11.9. The summed E-state index contributed by atoms with van der Waals surface area (Å²) in [6.45, 7) is 6.46. The molecule has 0 aliphatic carbocycles. The number of benzene rings is 1. The first-order valence-electron chi connectivity index (χ1n) is 8.58. The molecule has 0 bridgehead atoms. The lowest BCUT2D eigenvalue weighted by molar-refractivity contribution is 0.359. The summed E-state index contributed by atoms with van der Waals surface area (Å²) in [6.07, 6.45) is 8.01. The van der Waals surface area contributed by atoms with Gasteiger partial charge in [0.15, 0.2) is 0 Å². The summed E-state index contributed by atoms with van der Waals surface area (Å²) in [7, 11) is 2.19. The van der Waals surface area contributed by atoms with Gasteiger partial charge in [-0.25, -0.2) is 0 Å². The zero-order chi connectivity index (χ0) is 16.5. The van der Waals surface area contributed by atoms with Crippen LogP contribution in [0.5, 0.6) is 0 Å². The molecule has 0 amide bonds. The average Bonchev–Trinajstić information content (AvgIpc) is 2.58. The molecule has 0 unspecified atom stereocenters. The average molecular weight is 308 g/mol. The van der Waals surface area contributed by atoms with Crippen molar-refractivity contribution in [1.82, 2.24) is 9.88 Å². The SMILES string of the molecule is CCCCCN(C)C/C=C(\c1ccc(C)cc1)c1ccccn1. The highest BCUT2D eigenvalue weighted by molar-refractivity contribution is 5.78. The van der Waals surface area contributed by atoms with Gasteiger partial charge < -0.3 is 4.90 Å². The number of nitrogens with zero attached hydrogens (tertiary/aromatic N) is 2. The molecule has 0 saturated carbocycles. The first-order chi connectivity index (χ1) is 11.2. The summed E-state index contributed by atoms with van der Waals surface area (Å²) < 4.78 is 0. The van der Waals surface area contributed by atoms with E-state index in [1.807, 2.05) is 12.3 Å². The van der Waals surface area contributed by atoms with Crippen molar-refractivity contribution in [3.63, 3.8) is 0 Å². The maximum atomic E-state index is 4.54. The Labute approximate surface area is 140 Å². The molecule has 1 aromatic carbocycles. The largest absolute Gasteiger partial charge is 0.303 e. The molecule has 0 radical (unpaired) electrons. The van der Waals surface area contributed by atoms with Crippen LogP contribution in [0.25, 0.3) is 5.57 Å². The van der Waals surface area contributed by atoms with Crippen molar-refractivity contribution in [3.8, 4) is 0 Å². The lowest BCUT2D eigenvalue weighted by Gasteiger charge is -2.15. The van der Waals surface area contributed by atoms with Crippen LogP contribution in [-0.4, -0.2) is 30.0 Å². The predicted molar refractivity (Wildman–Crippen MR) is 99.5 cm³/mol. The Balaban J connectivity index is 2.17. The Hall–Kier alpha value is -1.93. The lowest BCUT2D eigenvalue weighted by atomic mass is 10.0. The fraction of sp³-hybridized carbons (Fsp3) is 0.381. The molecule has 2 rings (SSSR count). The molecule has 0 atom stereocenters. The summed E-state index contributed by atoms with van der Waals surface area (Å²) in [6, 6.07) is 14.8. The Kier molecular flexibility index (Phi) is 7.02. The van der Waals surface area contributed by atoms with E-state index in [0.29, 0.717) is 0 Å². The zero-order valence-corrected chi connectivity index (χ0v) is 14.6. The van der Waals surface area contributed by atoms with E-state index in [0.717, 1.165) is 18.8 Å². The van der Waals surface area contributed by atoms with Gasteiger partial charge >= 0.3 is 0 Å². The van der Waals surface area contributed by atoms with Crippen LogP contribution in [0.15, 0.2) is 54.7 Å². The molecule has 0 fully saturated rings. The quantitative estimate of drug-likeness (QED) is 0.642. The minimum atomic E-state index is 0.948. The molecule has 122 valence electrons. The Morgan fingerprint density at radius 2 is 1.87 bits per heavy atom. The first-order valence-corrected chi connectivity index (χ1v) is 8.58. The highest BCUT2D eigenvalue weighted by atomic mass is 15.1. The van der Waals surface area contributed by atoms with Gasteiger partial charge in [0.1, 0.15) is 0 Å². The summed E-state index contributed by atoms with van der Waals surface area (Å²) >= 11 is 0.